The number of amides is 1. The molecule has 186 valence electrons. The van der Waals surface area contributed by atoms with E-state index in [1.807, 2.05) is 42.5 Å². The predicted molar refractivity (Wildman–Crippen MR) is 145 cm³/mol. The highest BCUT2D eigenvalue weighted by Gasteiger charge is 2.34. The van der Waals surface area contributed by atoms with Crippen molar-refractivity contribution in [2.45, 2.75) is 19.3 Å². The molecule has 1 amide bonds. The lowest BCUT2D eigenvalue weighted by Crippen LogP contribution is -2.18. The number of aromatic hydroxyl groups is 1. The summed E-state index contributed by atoms with van der Waals surface area (Å²) in [5.74, 6) is -0.936. The van der Waals surface area contributed by atoms with Crippen molar-refractivity contribution in [3.63, 3.8) is 0 Å². The molecule has 1 aliphatic rings. The van der Waals surface area contributed by atoms with Crippen LogP contribution in [0.15, 0.2) is 77.9 Å². The Bertz CT molecular complexity index is 1570. The van der Waals surface area contributed by atoms with E-state index in [9.17, 15) is 14.7 Å². The van der Waals surface area contributed by atoms with Crippen LogP contribution in [0.25, 0.3) is 22.3 Å². The lowest BCUT2D eigenvalue weighted by Gasteiger charge is -2.13. The molecule has 5 rings (SSSR count). The summed E-state index contributed by atoms with van der Waals surface area (Å²) >= 11 is 6.62. The molecule has 0 aliphatic carbocycles. The van der Waals surface area contributed by atoms with Gasteiger partial charge in [-0.15, -0.1) is 0 Å². The van der Waals surface area contributed by atoms with Gasteiger partial charge in [0.05, 0.1) is 11.4 Å². The van der Waals surface area contributed by atoms with E-state index in [0.29, 0.717) is 27.8 Å². The maximum Gasteiger partial charge on any atom is 0.307 e. The largest absolute Gasteiger partial charge is 0.507 e. The van der Waals surface area contributed by atoms with Gasteiger partial charge in [0.25, 0.3) is 0 Å². The molecular formula is C29H24ClN3O4. The number of carboxylic acids is 1. The molecule has 1 aromatic heterocycles. The second kappa shape index (κ2) is 9.59. The second-order valence-electron chi connectivity index (χ2n) is 9.08. The molecule has 0 bridgehead atoms. The second-order valence-corrected chi connectivity index (χ2v) is 9.48. The Hall–Kier alpha value is -4.36. The number of nitrogens with one attached hydrogen (secondary N) is 1. The number of aliphatic carboxylic acids is 1. The minimum absolute atomic E-state index is 0.0975. The average molecular weight is 514 g/mol. The fourth-order valence-corrected chi connectivity index (χ4v) is 4.99. The number of para-hydroxylation sites is 1. The van der Waals surface area contributed by atoms with Crippen LogP contribution in [0.2, 0.25) is 5.02 Å². The van der Waals surface area contributed by atoms with E-state index >= 15 is 0 Å². The number of carbonyl (C=O) groups excluding carboxylic acids is 1. The number of anilines is 1. The third kappa shape index (κ3) is 4.73. The number of halogens is 1. The van der Waals surface area contributed by atoms with Gasteiger partial charge >= 0.3 is 5.97 Å². The Morgan fingerprint density at radius 3 is 2.41 bits per heavy atom. The maximum absolute atomic E-state index is 12.9. The number of aromatic nitrogens is 1. The summed E-state index contributed by atoms with van der Waals surface area (Å²) in [5, 5.41) is 22.6. The van der Waals surface area contributed by atoms with Crippen molar-refractivity contribution in [3.05, 3.63) is 89.1 Å². The third-order valence-electron chi connectivity index (χ3n) is 6.48. The minimum atomic E-state index is -0.917. The first-order chi connectivity index (χ1) is 17.7. The van der Waals surface area contributed by atoms with Gasteiger partial charge in [-0.25, -0.2) is 4.99 Å². The van der Waals surface area contributed by atoms with Gasteiger partial charge in [0.15, 0.2) is 0 Å². The Labute approximate surface area is 218 Å². The van der Waals surface area contributed by atoms with E-state index < -0.39 is 11.9 Å². The van der Waals surface area contributed by atoms with E-state index in [2.05, 4.69) is 10.3 Å². The SMILES string of the molecule is CC(=Nc1cc(CC(=O)O)cn1C)C1C(=O)Nc2cc(Cl)c(-c3ccc(-c4ccccc4O)cc3)cc21. The molecule has 0 saturated carbocycles. The molecular weight excluding hydrogens is 490 g/mol. The van der Waals surface area contributed by atoms with Gasteiger partial charge in [0.1, 0.15) is 17.5 Å². The molecule has 0 spiro atoms. The van der Waals surface area contributed by atoms with Gasteiger partial charge in [-0.05, 0) is 53.4 Å². The van der Waals surface area contributed by atoms with Crippen molar-refractivity contribution < 1.29 is 19.8 Å². The molecule has 1 aliphatic heterocycles. The number of fused-ring (bicyclic) bond motifs is 1. The van der Waals surface area contributed by atoms with Crippen LogP contribution in [0.1, 0.15) is 24.0 Å². The van der Waals surface area contributed by atoms with Crippen LogP contribution < -0.4 is 5.32 Å². The summed E-state index contributed by atoms with van der Waals surface area (Å²) < 4.78 is 1.74. The standard InChI is InChI=1S/C29H24ClN3O4/c1-16(31-26-11-17(12-27(35)36)15-33(26)2)28-22-13-21(23(30)14-24(22)32-29(28)37)19-9-7-18(8-10-19)20-5-3-4-6-25(20)34/h3-11,13-15,28,34H,12H2,1-2H3,(H,32,37)(H,35,36). The number of hydrogen-bond donors (Lipinski definition) is 3. The summed E-state index contributed by atoms with van der Waals surface area (Å²) in [6.07, 6.45) is 1.62. The molecule has 7 nitrogen and oxygen atoms in total. The zero-order chi connectivity index (χ0) is 26.3. The van der Waals surface area contributed by atoms with Gasteiger partial charge in [0, 0.05) is 35.8 Å². The number of carboxylic acid groups (broad SMARTS) is 1. The van der Waals surface area contributed by atoms with Crippen LogP contribution in [0, 0.1) is 0 Å². The van der Waals surface area contributed by atoms with Crippen molar-refractivity contribution in [1.29, 1.82) is 0 Å². The Morgan fingerprint density at radius 1 is 1.05 bits per heavy atom. The average Bonchev–Trinajstić information content (AvgIpc) is 3.35. The summed E-state index contributed by atoms with van der Waals surface area (Å²) in [7, 11) is 1.79. The summed E-state index contributed by atoms with van der Waals surface area (Å²) in [6, 6.07) is 20.2. The molecule has 1 unspecified atom stereocenters. The summed E-state index contributed by atoms with van der Waals surface area (Å²) in [5.41, 5.74) is 5.91. The van der Waals surface area contributed by atoms with E-state index in [4.69, 9.17) is 16.7 Å². The molecule has 0 radical (unpaired) electrons. The van der Waals surface area contributed by atoms with E-state index in [1.54, 1.807) is 49.0 Å². The van der Waals surface area contributed by atoms with Gasteiger partial charge in [-0.1, -0.05) is 54.1 Å². The lowest BCUT2D eigenvalue weighted by molar-refractivity contribution is -0.136. The van der Waals surface area contributed by atoms with Crippen molar-refractivity contribution >= 4 is 40.7 Å². The highest BCUT2D eigenvalue weighted by atomic mass is 35.5. The van der Waals surface area contributed by atoms with Crippen LogP contribution in [0.5, 0.6) is 5.75 Å². The minimum Gasteiger partial charge on any atom is -0.507 e. The predicted octanol–water partition coefficient (Wildman–Crippen LogP) is 6.17. The van der Waals surface area contributed by atoms with Gasteiger partial charge < -0.3 is 20.1 Å². The fourth-order valence-electron chi connectivity index (χ4n) is 4.71. The number of carbonyl (C=O) groups is 2. The number of aryl methyl sites for hydroxylation is 1. The molecule has 4 aromatic rings. The smallest absolute Gasteiger partial charge is 0.307 e. The number of rotatable bonds is 6. The molecule has 3 N–H and O–H groups in total. The van der Waals surface area contributed by atoms with E-state index in [0.717, 1.165) is 27.8 Å². The van der Waals surface area contributed by atoms with Crippen molar-refractivity contribution in [2.24, 2.45) is 12.0 Å². The van der Waals surface area contributed by atoms with Crippen LogP contribution >= 0.6 is 11.6 Å². The van der Waals surface area contributed by atoms with Crippen LogP contribution in [0.3, 0.4) is 0 Å². The van der Waals surface area contributed by atoms with Crippen molar-refractivity contribution in [3.8, 4) is 28.0 Å². The first kappa shape index (κ1) is 24.3. The number of aliphatic imine (C=N–C) groups is 1. The highest BCUT2D eigenvalue weighted by molar-refractivity contribution is 6.34. The first-order valence-electron chi connectivity index (χ1n) is 11.7. The van der Waals surface area contributed by atoms with E-state index in [1.165, 1.54) is 0 Å². The Balaban J connectivity index is 1.49. The number of benzene rings is 3. The van der Waals surface area contributed by atoms with Crippen molar-refractivity contribution in [2.75, 3.05) is 5.32 Å². The number of phenolic OH excluding ortho intramolecular Hbond substituents is 1. The van der Waals surface area contributed by atoms with Gasteiger partial charge in [0.2, 0.25) is 5.91 Å². The molecule has 8 heteroatoms. The van der Waals surface area contributed by atoms with Crippen LogP contribution in [0.4, 0.5) is 11.5 Å². The molecule has 0 saturated heterocycles. The molecule has 37 heavy (non-hydrogen) atoms. The lowest BCUT2D eigenvalue weighted by atomic mass is 9.92. The fraction of sp³-hybridized carbons (Fsp3) is 0.138. The normalized spacial score (nSPS) is 14.9. The molecule has 1 atom stereocenters. The monoisotopic (exact) mass is 513 g/mol. The van der Waals surface area contributed by atoms with Crippen LogP contribution in [-0.2, 0) is 23.1 Å². The quantitative estimate of drug-likeness (QED) is 0.268. The zero-order valence-corrected chi connectivity index (χ0v) is 21.0. The molecule has 3 aromatic carbocycles. The Morgan fingerprint density at radius 2 is 1.73 bits per heavy atom. The number of nitrogens with zero attached hydrogens (tertiary/aromatic N) is 2. The van der Waals surface area contributed by atoms with Gasteiger partial charge in [-0.2, -0.15) is 0 Å². The topological polar surface area (TPSA) is 104 Å². The highest BCUT2D eigenvalue weighted by Crippen LogP contribution is 2.41. The van der Waals surface area contributed by atoms with Crippen LogP contribution in [-0.4, -0.2) is 32.4 Å². The molecule has 0 fully saturated rings. The third-order valence-corrected chi connectivity index (χ3v) is 6.79. The molecule has 2 heterocycles. The van der Waals surface area contributed by atoms with Gasteiger partial charge in [-0.3, -0.25) is 9.59 Å². The van der Waals surface area contributed by atoms with Crippen molar-refractivity contribution in [1.82, 2.24) is 4.57 Å². The summed E-state index contributed by atoms with van der Waals surface area (Å²) in [4.78, 5) is 28.7. The number of phenols is 1. The van der Waals surface area contributed by atoms with E-state index in [-0.39, 0.29) is 18.1 Å². The number of hydrogen-bond acceptors (Lipinski definition) is 4. The Kier molecular flexibility index (Phi) is 6.31. The zero-order valence-electron chi connectivity index (χ0n) is 20.2. The summed E-state index contributed by atoms with van der Waals surface area (Å²) in [6.45, 7) is 1.79. The first-order valence-corrected chi connectivity index (χ1v) is 12.0. The maximum atomic E-state index is 12.9.